The first-order chi connectivity index (χ1) is 7.75. The number of hydrogen-bond donors (Lipinski definition) is 3. The first-order valence-electron chi connectivity index (χ1n) is 4.86. The number of rotatable bonds is 4. The van der Waals surface area contributed by atoms with Crippen molar-refractivity contribution in [3.63, 3.8) is 0 Å². The van der Waals surface area contributed by atoms with Gasteiger partial charge in [-0.3, -0.25) is 4.79 Å². The predicted molar refractivity (Wildman–Crippen MR) is 57.1 cm³/mol. The molecule has 0 aliphatic rings. The maximum absolute atomic E-state index is 13.6. The standard InChI is InChI=1S/C11H13F2NO3/c1-10(12,13)11(6-14,9(16)17)7-2-4-8(15)5-3-7/h2-5,15H,6,14H2,1H3,(H,16,17). The highest BCUT2D eigenvalue weighted by atomic mass is 19.3. The van der Waals surface area contributed by atoms with Crippen molar-refractivity contribution in [2.45, 2.75) is 18.3 Å². The van der Waals surface area contributed by atoms with Gasteiger partial charge in [-0.25, -0.2) is 8.78 Å². The summed E-state index contributed by atoms with van der Waals surface area (Å²) in [6.07, 6.45) is 0. The molecule has 6 heteroatoms. The Morgan fingerprint density at radius 2 is 1.82 bits per heavy atom. The molecule has 0 spiro atoms. The van der Waals surface area contributed by atoms with E-state index in [1.165, 1.54) is 0 Å². The average Bonchev–Trinajstić information content (AvgIpc) is 2.19. The third-order valence-corrected chi connectivity index (χ3v) is 2.78. The largest absolute Gasteiger partial charge is 0.508 e. The first-order valence-corrected chi connectivity index (χ1v) is 4.86. The molecule has 0 aliphatic heterocycles. The smallest absolute Gasteiger partial charge is 0.321 e. The molecule has 1 atom stereocenters. The molecule has 1 aromatic carbocycles. The molecule has 0 aliphatic carbocycles. The summed E-state index contributed by atoms with van der Waals surface area (Å²) in [7, 11) is 0. The van der Waals surface area contributed by atoms with Gasteiger partial charge in [0.05, 0.1) is 0 Å². The van der Waals surface area contributed by atoms with Crippen LogP contribution in [0.15, 0.2) is 24.3 Å². The minimum Gasteiger partial charge on any atom is -0.508 e. The molecule has 1 rings (SSSR count). The summed E-state index contributed by atoms with van der Waals surface area (Å²) >= 11 is 0. The van der Waals surface area contributed by atoms with Crippen LogP contribution in [-0.2, 0) is 10.2 Å². The highest BCUT2D eigenvalue weighted by Crippen LogP contribution is 2.39. The quantitative estimate of drug-likeness (QED) is 0.747. The first kappa shape index (κ1) is 13.4. The zero-order valence-corrected chi connectivity index (χ0v) is 9.15. The lowest BCUT2D eigenvalue weighted by Gasteiger charge is -2.33. The van der Waals surface area contributed by atoms with Crippen molar-refractivity contribution in [2.75, 3.05) is 6.54 Å². The Bertz CT molecular complexity index is 414. The van der Waals surface area contributed by atoms with E-state index >= 15 is 0 Å². The molecule has 0 amide bonds. The maximum Gasteiger partial charge on any atom is 0.321 e. The van der Waals surface area contributed by atoms with Crippen LogP contribution in [-0.4, -0.2) is 28.6 Å². The van der Waals surface area contributed by atoms with Gasteiger partial charge in [0.2, 0.25) is 0 Å². The fraction of sp³-hybridized carbons (Fsp3) is 0.364. The summed E-state index contributed by atoms with van der Waals surface area (Å²) in [6.45, 7) is -0.225. The van der Waals surface area contributed by atoms with Crippen LogP contribution >= 0.6 is 0 Å². The minimum absolute atomic E-state index is 0.135. The molecule has 0 bridgehead atoms. The Hall–Kier alpha value is -1.69. The molecule has 0 saturated heterocycles. The van der Waals surface area contributed by atoms with Crippen LogP contribution in [0.5, 0.6) is 5.75 Å². The van der Waals surface area contributed by atoms with Crippen LogP contribution in [0, 0.1) is 0 Å². The van der Waals surface area contributed by atoms with E-state index in [1.54, 1.807) is 0 Å². The van der Waals surface area contributed by atoms with E-state index in [-0.39, 0.29) is 11.3 Å². The lowest BCUT2D eigenvalue weighted by Crippen LogP contribution is -2.55. The van der Waals surface area contributed by atoms with E-state index in [1.807, 2.05) is 0 Å². The van der Waals surface area contributed by atoms with Crippen LogP contribution in [0.4, 0.5) is 8.78 Å². The molecule has 0 aromatic heterocycles. The fourth-order valence-corrected chi connectivity index (χ4v) is 1.70. The lowest BCUT2D eigenvalue weighted by atomic mass is 9.75. The van der Waals surface area contributed by atoms with E-state index in [0.717, 1.165) is 24.3 Å². The Morgan fingerprint density at radius 1 is 1.35 bits per heavy atom. The van der Waals surface area contributed by atoms with Crippen molar-refractivity contribution in [2.24, 2.45) is 5.73 Å². The number of hydrogen-bond acceptors (Lipinski definition) is 3. The Morgan fingerprint density at radius 3 is 2.12 bits per heavy atom. The van der Waals surface area contributed by atoms with E-state index in [2.05, 4.69) is 0 Å². The van der Waals surface area contributed by atoms with Crippen molar-refractivity contribution in [3.05, 3.63) is 29.8 Å². The number of carbonyl (C=O) groups is 1. The fourth-order valence-electron chi connectivity index (χ4n) is 1.70. The predicted octanol–water partition coefficient (Wildman–Crippen LogP) is 1.33. The van der Waals surface area contributed by atoms with Gasteiger partial charge in [0.15, 0.2) is 5.41 Å². The van der Waals surface area contributed by atoms with Crippen LogP contribution < -0.4 is 5.73 Å². The molecule has 1 unspecified atom stereocenters. The zero-order chi connectivity index (χ0) is 13.3. The number of phenols is 1. The van der Waals surface area contributed by atoms with Crippen LogP contribution in [0.1, 0.15) is 12.5 Å². The lowest BCUT2D eigenvalue weighted by molar-refractivity contribution is -0.159. The molecular weight excluding hydrogens is 232 g/mol. The van der Waals surface area contributed by atoms with E-state index in [9.17, 15) is 13.6 Å². The number of halogens is 2. The third kappa shape index (κ3) is 2.08. The van der Waals surface area contributed by atoms with E-state index < -0.39 is 23.9 Å². The summed E-state index contributed by atoms with van der Waals surface area (Å²) in [5.41, 5.74) is 2.62. The highest BCUT2D eigenvalue weighted by Gasteiger charge is 2.56. The number of phenolic OH excluding ortho intramolecular Hbond substituents is 1. The molecule has 94 valence electrons. The number of aliphatic carboxylic acids is 1. The van der Waals surface area contributed by atoms with Crippen molar-refractivity contribution in [1.29, 1.82) is 0 Å². The monoisotopic (exact) mass is 245 g/mol. The Kier molecular flexibility index (Phi) is 3.38. The Labute approximate surface area is 96.7 Å². The zero-order valence-electron chi connectivity index (χ0n) is 9.15. The summed E-state index contributed by atoms with van der Waals surface area (Å²) in [5.74, 6) is -5.35. The number of carboxylic acids is 1. The second kappa shape index (κ2) is 4.29. The second-order valence-electron chi connectivity index (χ2n) is 3.85. The summed E-state index contributed by atoms with van der Waals surface area (Å²) in [6, 6.07) is 4.56. The number of nitrogens with two attached hydrogens (primary N) is 1. The van der Waals surface area contributed by atoms with Gasteiger partial charge in [-0.05, 0) is 17.7 Å². The van der Waals surface area contributed by atoms with Crippen molar-refractivity contribution >= 4 is 5.97 Å². The third-order valence-electron chi connectivity index (χ3n) is 2.78. The van der Waals surface area contributed by atoms with Crippen molar-refractivity contribution in [3.8, 4) is 5.75 Å². The van der Waals surface area contributed by atoms with Crippen LogP contribution in [0.2, 0.25) is 0 Å². The van der Waals surface area contributed by atoms with Gasteiger partial charge in [0, 0.05) is 13.5 Å². The number of alkyl halides is 2. The van der Waals surface area contributed by atoms with Gasteiger partial charge in [0.1, 0.15) is 5.75 Å². The topological polar surface area (TPSA) is 83.6 Å². The van der Waals surface area contributed by atoms with E-state index in [4.69, 9.17) is 15.9 Å². The normalized spacial score (nSPS) is 15.3. The SMILES string of the molecule is CC(F)(F)C(CN)(C(=O)O)c1ccc(O)cc1. The van der Waals surface area contributed by atoms with E-state index in [0.29, 0.717) is 6.92 Å². The molecule has 4 nitrogen and oxygen atoms in total. The van der Waals surface area contributed by atoms with Crippen molar-refractivity contribution < 1.29 is 23.8 Å². The van der Waals surface area contributed by atoms with Gasteiger partial charge in [-0.2, -0.15) is 0 Å². The van der Waals surface area contributed by atoms with Gasteiger partial charge < -0.3 is 15.9 Å². The Balaban J connectivity index is 3.43. The molecule has 17 heavy (non-hydrogen) atoms. The van der Waals surface area contributed by atoms with Crippen LogP contribution in [0.25, 0.3) is 0 Å². The summed E-state index contributed by atoms with van der Waals surface area (Å²) in [5, 5.41) is 18.1. The van der Waals surface area contributed by atoms with Crippen LogP contribution in [0.3, 0.4) is 0 Å². The van der Waals surface area contributed by atoms with Gasteiger partial charge in [-0.1, -0.05) is 12.1 Å². The summed E-state index contributed by atoms with van der Waals surface area (Å²) < 4.78 is 27.1. The molecule has 0 fully saturated rings. The molecule has 1 aromatic rings. The molecule has 4 N–H and O–H groups in total. The van der Waals surface area contributed by atoms with Gasteiger partial charge >= 0.3 is 5.97 Å². The molecule has 0 heterocycles. The van der Waals surface area contributed by atoms with Crippen molar-refractivity contribution in [1.82, 2.24) is 0 Å². The number of aromatic hydroxyl groups is 1. The number of benzene rings is 1. The summed E-state index contributed by atoms with van der Waals surface area (Å²) in [4.78, 5) is 11.2. The number of carboxylic acid groups (broad SMARTS) is 1. The average molecular weight is 245 g/mol. The second-order valence-corrected chi connectivity index (χ2v) is 3.85. The molecular formula is C11H13F2NO3. The molecule has 0 radical (unpaired) electrons. The highest BCUT2D eigenvalue weighted by molar-refractivity contribution is 5.83. The minimum atomic E-state index is -3.52. The van der Waals surface area contributed by atoms with Gasteiger partial charge in [0.25, 0.3) is 5.92 Å². The molecule has 0 saturated carbocycles. The van der Waals surface area contributed by atoms with Gasteiger partial charge in [-0.15, -0.1) is 0 Å². The maximum atomic E-state index is 13.6.